The molecule has 2 N–H and O–H groups in total. The van der Waals surface area contributed by atoms with Gasteiger partial charge in [0.25, 0.3) is 10.1 Å². The van der Waals surface area contributed by atoms with E-state index in [2.05, 4.69) is 15.9 Å². The van der Waals surface area contributed by atoms with Gasteiger partial charge in [0.05, 0.1) is 11.5 Å². The van der Waals surface area contributed by atoms with E-state index in [0.717, 1.165) is 0 Å². The lowest BCUT2D eigenvalue weighted by Gasteiger charge is -2.07. The van der Waals surface area contributed by atoms with Crippen LogP contribution >= 0.6 is 15.9 Å². The number of hydrogen-bond donors (Lipinski definition) is 1. The summed E-state index contributed by atoms with van der Waals surface area (Å²) in [4.78, 5) is 10.6. The molecule has 2 aromatic rings. The number of primary amides is 1. The Morgan fingerprint density at radius 1 is 1.17 bits per heavy atom. The molecule has 0 fully saturated rings. The first kappa shape index (κ1) is 18.6. The van der Waals surface area contributed by atoms with Crippen molar-refractivity contribution in [2.75, 3.05) is 6.61 Å². The summed E-state index contributed by atoms with van der Waals surface area (Å²) in [7, 11) is -3.93. The molecule has 0 saturated heterocycles. The smallest absolute Gasteiger partial charge is 0.296 e. The molecule has 0 aliphatic heterocycles. The van der Waals surface area contributed by atoms with Gasteiger partial charge in [-0.15, -0.1) is 0 Å². The van der Waals surface area contributed by atoms with Crippen LogP contribution in [0.1, 0.15) is 12.8 Å². The maximum Gasteiger partial charge on any atom is 0.296 e. The molecule has 24 heavy (non-hydrogen) atoms. The Kier molecular flexibility index (Phi) is 6.09. The van der Waals surface area contributed by atoms with Gasteiger partial charge >= 0.3 is 0 Å². The second kappa shape index (κ2) is 7.87. The average molecular weight is 416 g/mol. The Hall–Kier alpha value is -1.77. The third-order valence-electron chi connectivity index (χ3n) is 3.19. The summed E-state index contributed by atoms with van der Waals surface area (Å²) in [6.45, 7) is -0.131. The fourth-order valence-corrected chi connectivity index (χ4v) is 3.28. The Balaban J connectivity index is 2.12. The molecule has 2 aromatic carbocycles. The monoisotopic (exact) mass is 415 g/mol. The second-order valence-corrected chi connectivity index (χ2v) is 7.53. The van der Waals surface area contributed by atoms with Gasteiger partial charge in [0.15, 0.2) is 0 Å². The SMILES string of the molecule is NC(=O)CCCOS(=O)(=O)c1ccc(-c2ccc(Br)cc2F)cc1. The van der Waals surface area contributed by atoms with Crippen LogP contribution in [-0.4, -0.2) is 20.9 Å². The molecule has 0 saturated carbocycles. The van der Waals surface area contributed by atoms with Crippen molar-refractivity contribution in [2.45, 2.75) is 17.7 Å². The van der Waals surface area contributed by atoms with E-state index in [1.807, 2.05) is 0 Å². The maximum atomic E-state index is 13.9. The van der Waals surface area contributed by atoms with Crippen molar-refractivity contribution in [3.05, 3.63) is 52.8 Å². The molecule has 0 unspecified atom stereocenters. The van der Waals surface area contributed by atoms with E-state index in [1.54, 1.807) is 12.1 Å². The Morgan fingerprint density at radius 2 is 1.83 bits per heavy atom. The molecule has 8 heteroatoms. The standard InChI is InChI=1S/C16H15BrFNO4S/c17-12-5-8-14(15(18)10-12)11-3-6-13(7-4-11)24(21,22)23-9-1-2-16(19)20/h3-8,10H,1-2,9H2,(H2,19,20). The minimum atomic E-state index is -3.93. The molecule has 0 aliphatic carbocycles. The second-order valence-electron chi connectivity index (χ2n) is 4.99. The van der Waals surface area contributed by atoms with Crippen molar-refractivity contribution in [2.24, 2.45) is 5.73 Å². The van der Waals surface area contributed by atoms with Crippen LogP contribution in [-0.2, 0) is 19.1 Å². The minimum absolute atomic E-state index is 0.0390. The molecule has 0 aliphatic rings. The van der Waals surface area contributed by atoms with Gasteiger partial charge in [-0.2, -0.15) is 8.42 Å². The molecule has 1 amide bonds. The van der Waals surface area contributed by atoms with Crippen LogP contribution in [0.15, 0.2) is 51.8 Å². The molecule has 0 bridgehead atoms. The fraction of sp³-hybridized carbons (Fsp3) is 0.188. The number of carbonyl (C=O) groups excluding carboxylic acids is 1. The van der Waals surface area contributed by atoms with Gasteiger partial charge in [-0.05, 0) is 36.2 Å². The van der Waals surface area contributed by atoms with Gasteiger partial charge < -0.3 is 5.73 Å². The quantitative estimate of drug-likeness (QED) is 0.555. The minimum Gasteiger partial charge on any atom is -0.370 e. The normalized spacial score (nSPS) is 11.4. The zero-order chi connectivity index (χ0) is 17.7. The molecule has 0 aromatic heterocycles. The predicted molar refractivity (Wildman–Crippen MR) is 91.1 cm³/mol. The van der Waals surface area contributed by atoms with E-state index in [4.69, 9.17) is 9.92 Å². The molecule has 0 radical (unpaired) electrons. The van der Waals surface area contributed by atoms with E-state index in [1.165, 1.54) is 30.3 Å². The molecule has 5 nitrogen and oxygen atoms in total. The van der Waals surface area contributed by atoms with Crippen LogP contribution in [0, 0.1) is 5.82 Å². The van der Waals surface area contributed by atoms with E-state index in [0.29, 0.717) is 15.6 Å². The summed E-state index contributed by atoms with van der Waals surface area (Å²) >= 11 is 3.18. The van der Waals surface area contributed by atoms with Crippen LogP contribution < -0.4 is 5.73 Å². The molecule has 0 heterocycles. The molecular weight excluding hydrogens is 401 g/mol. The van der Waals surface area contributed by atoms with E-state index < -0.39 is 21.8 Å². The first-order valence-corrected chi connectivity index (χ1v) is 9.23. The molecule has 0 atom stereocenters. The number of carbonyl (C=O) groups is 1. The summed E-state index contributed by atoms with van der Waals surface area (Å²) in [5, 5.41) is 0. The van der Waals surface area contributed by atoms with Crippen LogP contribution in [0.4, 0.5) is 4.39 Å². The number of rotatable bonds is 7. The molecule has 2 rings (SSSR count). The van der Waals surface area contributed by atoms with Crippen LogP contribution in [0.25, 0.3) is 11.1 Å². The maximum absolute atomic E-state index is 13.9. The van der Waals surface area contributed by atoms with E-state index >= 15 is 0 Å². The van der Waals surface area contributed by atoms with Crippen molar-refractivity contribution >= 4 is 32.0 Å². The van der Waals surface area contributed by atoms with Crippen molar-refractivity contribution in [1.29, 1.82) is 0 Å². The highest BCUT2D eigenvalue weighted by Gasteiger charge is 2.15. The first-order chi connectivity index (χ1) is 11.3. The highest BCUT2D eigenvalue weighted by Crippen LogP contribution is 2.26. The zero-order valence-corrected chi connectivity index (χ0v) is 14.9. The van der Waals surface area contributed by atoms with Gasteiger partial charge in [-0.3, -0.25) is 8.98 Å². The first-order valence-electron chi connectivity index (χ1n) is 7.03. The van der Waals surface area contributed by atoms with Gasteiger partial charge in [-0.1, -0.05) is 34.1 Å². The van der Waals surface area contributed by atoms with Gasteiger partial charge in [0.2, 0.25) is 5.91 Å². The molecule has 0 spiro atoms. The fourth-order valence-electron chi connectivity index (χ4n) is 2.01. The van der Waals surface area contributed by atoms with Crippen molar-refractivity contribution < 1.29 is 21.8 Å². The molecular formula is C16H15BrFNO4S. The number of nitrogens with two attached hydrogens (primary N) is 1. The van der Waals surface area contributed by atoms with Gasteiger partial charge in [0, 0.05) is 16.5 Å². The molecule has 128 valence electrons. The van der Waals surface area contributed by atoms with Gasteiger partial charge in [-0.25, -0.2) is 4.39 Å². The summed E-state index contributed by atoms with van der Waals surface area (Å²) in [6.07, 6.45) is 0.272. The summed E-state index contributed by atoms with van der Waals surface area (Å²) in [5.74, 6) is -0.931. The van der Waals surface area contributed by atoms with Crippen LogP contribution in [0.5, 0.6) is 0 Å². The van der Waals surface area contributed by atoms with Gasteiger partial charge in [0.1, 0.15) is 5.82 Å². The third kappa shape index (κ3) is 4.86. The third-order valence-corrected chi connectivity index (χ3v) is 5.01. The van der Waals surface area contributed by atoms with E-state index in [9.17, 15) is 17.6 Å². The largest absolute Gasteiger partial charge is 0.370 e. The Labute approximate surface area is 147 Å². The number of amides is 1. The summed E-state index contributed by atoms with van der Waals surface area (Å²) < 4.78 is 43.4. The van der Waals surface area contributed by atoms with Crippen molar-refractivity contribution in [3.8, 4) is 11.1 Å². The van der Waals surface area contributed by atoms with E-state index in [-0.39, 0.29) is 24.3 Å². The van der Waals surface area contributed by atoms with Crippen LogP contribution in [0.2, 0.25) is 0 Å². The number of benzene rings is 2. The van der Waals surface area contributed by atoms with Crippen molar-refractivity contribution in [3.63, 3.8) is 0 Å². The lowest BCUT2D eigenvalue weighted by molar-refractivity contribution is -0.118. The summed E-state index contributed by atoms with van der Waals surface area (Å²) in [6, 6.07) is 10.3. The Bertz CT molecular complexity index is 838. The van der Waals surface area contributed by atoms with Crippen LogP contribution in [0.3, 0.4) is 0 Å². The highest BCUT2D eigenvalue weighted by molar-refractivity contribution is 9.10. The lowest BCUT2D eigenvalue weighted by atomic mass is 10.1. The average Bonchev–Trinajstić information content (AvgIpc) is 2.52. The lowest BCUT2D eigenvalue weighted by Crippen LogP contribution is -2.13. The summed E-state index contributed by atoms with van der Waals surface area (Å²) in [5.41, 5.74) is 5.88. The predicted octanol–water partition coefficient (Wildman–Crippen LogP) is 3.23. The number of hydrogen-bond acceptors (Lipinski definition) is 4. The zero-order valence-electron chi connectivity index (χ0n) is 12.5. The highest BCUT2D eigenvalue weighted by atomic mass is 79.9. The number of halogens is 2. The van der Waals surface area contributed by atoms with Crippen molar-refractivity contribution in [1.82, 2.24) is 0 Å². The Morgan fingerprint density at radius 3 is 2.42 bits per heavy atom. The topological polar surface area (TPSA) is 86.5 Å².